The predicted molar refractivity (Wildman–Crippen MR) is 106 cm³/mol. The summed E-state index contributed by atoms with van der Waals surface area (Å²) in [6, 6.07) is 14.2. The Kier molecular flexibility index (Phi) is 4.58. The van der Waals surface area contributed by atoms with Gasteiger partial charge in [0.1, 0.15) is 18.2 Å². The molecule has 1 aliphatic heterocycles. The first-order valence-corrected chi connectivity index (χ1v) is 10.7. The first kappa shape index (κ1) is 18.5. The number of benzene rings is 2. The van der Waals surface area contributed by atoms with Crippen LogP contribution < -0.4 is 15.8 Å². The molecule has 0 radical (unpaired) electrons. The minimum Gasteiger partial charge on any atom is -0.490 e. The molecular weight excluding hydrogens is 378 g/mol. The highest BCUT2D eigenvalue weighted by molar-refractivity contribution is 7.89. The van der Waals surface area contributed by atoms with Crippen LogP contribution in [0.4, 0.5) is 0 Å². The number of amidine groups is 1. The van der Waals surface area contributed by atoms with Gasteiger partial charge in [-0.15, -0.1) is 4.40 Å². The van der Waals surface area contributed by atoms with E-state index in [1.807, 2.05) is 18.2 Å². The molecule has 0 spiro atoms. The van der Waals surface area contributed by atoms with Crippen molar-refractivity contribution < 1.29 is 17.9 Å². The lowest BCUT2D eigenvalue weighted by Crippen LogP contribution is -2.57. The molecule has 0 atom stereocenters. The van der Waals surface area contributed by atoms with Gasteiger partial charge in [0.2, 0.25) is 0 Å². The van der Waals surface area contributed by atoms with E-state index in [1.165, 1.54) is 0 Å². The number of nitrogens with zero attached hydrogens (tertiary/aromatic N) is 1. The van der Waals surface area contributed by atoms with Crippen LogP contribution in [0.5, 0.6) is 5.75 Å². The van der Waals surface area contributed by atoms with E-state index in [0.29, 0.717) is 22.4 Å². The van der Waals surface area contributed by atoms with Crippen molar-refractivity contribution >= 4 is 21.8 Å². The van der Waals surface area contributed by atoms with Crippen molar-refractivity contribution in [1.29, 1.82) is 0 Å². The Bertz CT molecular complexity index is 1040. The molecule has 2 aromatic rings. The minimum atomic E-state index is -3.60. The fourth-order valence-corrected chi connectivity index (χ4v) is 4.65. The summed E-state index contributed by atoms with van der Waals surface area (Å²) in [6.45, 7) is 0.280. The Morgan fingerprint density at radius 1 is 1.14 bits per heavy atom. The number of fused-ring (bicyclic) bond motifs is 1. The molecule has 2 aromatic carbocycles. The smallest absolute Gasteiger partial charge is 0.259 e. The monoisotopic (exact) mass is 399 g/mol. The first-order valence-electron chi connectivity index (χ1n) is 9.08. The summed E-state index contributed by atoms with van der Waals surface area (Å²) in [5.74, 6) is 0.0868. The molecule has 1 saturated carbocycles. The summed E-state index contributed by atoms with van der Waals surface area (Å²) in [4.78, 5) is 12.5. The van der Waals surface area contributed by atoms with Gasteiger partial charge < -0.3 is 15.8 Å². The van der Waals surface area contributed by atoms with E-state index in [-0.39, 0.29) is 24.1 Å². The van der Waals surface area contributed by atoms with Crippen LogP contribution in [-0.4, -0.2) is 32.3 Å². The summed E-state index contributed by atoms with van der Waals surface area (Å²) in [7, 11) is -3.60. The number of amides is 1. The summed E-state index contributed by atoms with van der Waals surface area (Å²) in [5, 5.41) is 3.10. The van der Waals surface area contributed by atoms with Gasteiger partial charge >= 0.3 is 0 Å². The quantitative estimate of drug-likeness (QED) is 0.798. The van der Waals surface area contributed by atoms with E-state index < -0.39 is 15.6 Å². The van der Waals surface area contributed by atoms with Crippen molar-refractivity contribution in [3.8, 4) is 5.75 Å². The molecule has 1 fully saturated rings. The van der Waals surface area contributed by atoms with Crippen LogP contribution in [0.2, 0.25) is 0 Å². The molecule has 1 amide bonds. The standard InChI is InChI=1S/C20H21N3O4S/c21-18-17-15(12-28(25,26)23-18)8-4-9-16(17)27-13-20(10-5-11-20)22-19(24)14-6-2-1-3-7-14/h1-4,6-9H,5,10-13H2,(H2,21,23)(H,22,24). The molecule has 0 aromatic heterocycles. The number of ether oxygens (including phenoxy) is 1. The van der Waals surface area contributed by atoms with Gasteiger partial charge in [-0.3, -0.25) is 4.79 Å². The minimum absolute atomic E-state index is 0.0622. The highest BCUT2D eigenvalue weighted by atomic mass is 32.2. The van der Waals surface area contributed by atoms with Crippen molar-refractivity contribution in [2.75, 3.05) is 6.61 Å². The molecule has 4 rings (SSSR count). The number of hydrogen-bond acceptors (Lipinski definition) is 5. The Hall–Kier alpha value is -2.87. The maximum absolute atomic E-state index is 12.5. The average molecular weight is 399 g/mol. The van der Waals surface area contributed by atoms with Gasteiger partial charge in [0.25, 0.3) is 15.9 Å². The number of nitrogens with two attached hydrogens (primary N) is 1. The van der Waals surface area contributed by atoms with Crippen LogP contribution in [0.15, 0.2) is 52.9 Å². The lowest BCUT2D eigenvalue weighted by atomic mass is 9.77. The topological polar surface area (TPSA) is 111 Å². The Labute approximate surface area is 163 Å². The highest BCUT2D eigenvalue weighted by Gasteiger charge is 2.40. The molecule has 0 saturated heterocycles. The maximum atomic E-state index is 12.5. The molecule has 3 N–H and O–H groups in total. The van der Waals surface area contributed by atoms with Gasteiger partial charge in [0, 0.05) is 5.56 Å². The lowest BCUT2D eigenvalue weighted by molar-refractivity contribution is 0.0691. The largest absolute Gasteiger partial charge is 0.490 e. The van der Waals surface area contributed by atoms with E-state index in [1.54, 1.807) is 30.3 Å². The second-order valence-corrected chi connectivity index (χ2v) is 8.87. The SMILES string of the molecule is NC1=NS(=O)(=O)Cc2cccc(OCC3(NC(=O)c4ccccc4)CCC3)c21. The van der Waals surface area contributed by atoms with Gasteiger partial charge in [0.05, 0.1) is 16.9 Å². The molecule has 2 aliphatic rings. The predicted octanol–water partition coefficient (Wildman–Crippen LogP) is 1.97. The number of sulfonamides is 1. The van der Waals surface area contributed by atoms with Gasteiger partial charge in [-0.05, 0) is 43.0 Å². The highest BCUT2D eigenvalue weighted by Crippen LogP contribution is 2.34. The molecule has 146 valence electrons. The third-order valence-electron chi connectivity index (χ3n) is 5.17. The van der Waals surface area contributed by atoms with Gasteiger partial charge in [-0.25, -0.2) is 8.42 Å². The number of hydrogen-bond donors (Lipinski definition) is 2. The van der Waals surface area contributed by atoms with Gasteiger partial charge in [-0.2, -0.15) is 0 Å². The molecule has 1 heterocycles. The number of rotatable bonds is 5. The van der Waals surface area contributed by atoms with Gasteiger partial charge in [-0.1, -0.05) is 30.3 Å². The summed E-state index contributed by atoms with van der Waals surface area (Å²) in [5.41, 5.74) is 7.13. The first-order chi connectivity index (χ1) is 13.4. The van der Waals surface area contributed by atoms with Crippen LogP contribution in [0.25, 0.3) is 0 Å². The second-order valence-electron chi connectivity index (χ2n) is 7.24. The maximum Gasteiger partial charge on any atom is 0.259 e. The second kappa shape index (κ2) is 6.94. The zero-order valence-corrected chi connectivity index (χ0v) is 16.0. The van der Waals surface area contributed by atoms with Crippen molar-refractivity contribution in [3.63, 3.8) is 0 Å². The van der Waals surface area contributed by atoms with E-state index in [9.17, 15) is 13.2 Å². The molecular formula is C20H21N3O4S. The Balaban J connectivity index is 1.52. The van der Waals surface area contributed by atoms with E-state index in [4.69, 9.17) is 10.5 Å². The van der Waals surface area contributed by atoms with Gasteiger partial charge in [0.15, 0.2) is 0 Å². The van der Waals surface area contributed by atoms with Crippen LogP contribution in [0.1, 0.15) is 40.7 Å². The number of carbonyl (C=O) groups is 1. The van der Waals surface area contributed by atoms with E-state index >= 15 is 0 Å². The lowest BCUT2D eigenvalue weighted by Gasteiger charge is -2.42. The molecule has 28 heavy (non-hydrogen) atoms. The van der Waals surface area contributed by atoms with Crippen LogP contribution in [0, 0.1) is 0 Å². The van der Waals surface area contributed by atoms with Crippen molar-refractivity contribution in [2.24, 2.45) is 10.1 Å². The van der Waals surface area contributed by atoms with Crippen molar-refractivity contribution in [3.05, 3.63) is 65.2 Å². The molecule has 7 nitrogen and oxygen atoms in total. The number of carbonyl (C=O) groups excluding carboxylic acids is 1. The van der Waals surface area contributed by atoms with E-state index in [2.05, 4.69) is 9.71 Å². The van der Waals surface area contributed by atoms with Crippen LogP contribution >= 0.6 is 0 Å². The Morgan fingerprint density at radius 2 is 1.89 bits per heavy atom. The van der Waals surface area contributed by atoms with Crippen LogP contribution in [-0.2, 0) is 15.8 Å². The van der Waals surface area contributed by atoms with Crippen molar-refractivity contribution in [1.82, 2.24) is 5.32 Å². The zero-order chi connectivity index (χ0) is 19.8. The normalized spacial score (nSPS) is 18.9. The molecule has 8 heteroatoms. The average Bonchev–Trinajstić information content (AvgIpc) is 2.63. The molecule has 1 aliphatic carbocycles. The third kappa shape index (κ3) is 3.60. The molecule has 0 bridgehead atoms. The van der Waals surface area contributed by atoms with Crippen molar-refractivity contribution in [2.45, 2.75) is 30.6 Å². The summed E-state index contributed by atoms with van der Waals surface area (Å²) < 4.78 is 33.2. The zero-order valence-electron chi connectivity index (χ0n) is 15.2. The van der Waals surface area contributed by atoms with E-state index in [0.717, 1.165) is 19.3 Å². The summed E-state index contributed by atoms with van der Waals surface area (Å²) in [6.07, 6.45) is 2.64. The molecule has 0 unspecified atom stereocenters. The fraction of sp³-hybridized carbons (Fsp3) is 0.300. The number of nitrogens with one attached hydrogen (secondary N) is 1. The summed E-state index contributed by atoms with van der Waals surface area (Å²) >= 11 is 0. The van der Waals surface area contributed by atoms with Crippen LogP contribution in [0.3, 0.4) is 0 Å². The Morgan fingerprint density at radius 3 is 2.57 bits per heavy atom. The fourth-order valence-electron chi connectivity index (χ4n) is 3.56. The third-order valence-corrected chi connectivity index (χ3v) is 6.32.